The molecule has 0 radical (unpaired) electrons. The molecule has 0 aliphatic carbocycles. The molecule has 0 spiro atoms. The number of hydrogen-bond donors (Lipinski definition) is 2. The Kier molecular flexibility index (Phi) is 5.73. The minimum absolute atomic E-state index is 0.0690. The van der Waals surface area contributed by atoms with Crippen LogP contribution in [0.15, 0.2) is 57.9 Å². The number of amides is 1. The quantitative estimate of drug-likeness (QED) is 0.752. The van der Waals surface area contributed by atoms with Gasteiger partial charge < -0.3 is 5.32 Å². The Morgan fingerprint density at radius 2 is 1.64 bits per heavy atom. The first-order chi connectivity index (χ1) is 11.6. The maximum absolute atomic E-state index is 12.5. The Bertz CT molecular complexity index is 886. The number of carbonyl (C=O) groups excluding carboxylic acids is 1. The van der Waals surface area contributed by atoms with E-state index in [1.165, 1.54) is 42.5 Å². The van der Waals surface area contributed by atoms with Crippen molar-refractivity contribution in [2.75, 3.05) is 11.3 Å². The van der Waals surface area contributed by atoms with Crippen molar-refractivity contribution >= 4 is 37.5 Å². The predicted molar refractivity (Wildman–Crippen MR) is 89.8 cm³/mol. The fraction of sp³-hybridized carbons (Fsp3) is 0.133. The molecule has 134 valence electrons. The lowest BCUT2D eigenvalue weighted by molar-refractivity contribution is -0.123. The monoisotopic (exact) mass is 436 g/mol. The zero-order valence-corrected chi connectivity index (χ0v) is 14.9. The summed E-state index contributed by atoms with van der Waals surface area (Å²) in [6.07, 6.45) is -4.57. The molecule has 0 aliphatic heterocycles. The molecule has 2 N–H and O–H groups in total. The number of benzene rings is 2. The highest BCUT2D eigenvalue weighted by Crippen LogP contribution is 2.25. The van der Waals surface area contributed by atoms with Crippen molar-refractivity contribution in [2.45, 2.75) is 11.1 Å². The topological polar surface area (TPSA) is 75.3 Å². The highest BCUT2D eigenvalue weighted by molar-refractivity contribution is 9.10. The zero-order chi connectivity index (χ0) is 18.7. The van der Waals surface area contributed by atoms with Crippen LogP contribution >= 0.6 is 15.9 Å². The first kappa shape index (κ1) is 19.3. The average Bonchev–Trinajstić information content (AvgIpc) is 2.52. The molecule has 0 saturated carbocycles. The molecule has 2 aromatic rings. The maximum Gasteiger partial charge on any atom is 0.405 e. The van der Waals surface area contributed by atoms with Crippen LogP contribution in [0.4, 0.5) is 18.9 Å². The second kappa shape index (κ2) is 7.44. The number of halogens is 4. The van der Waals surface area contributed by atoms with Gasteiger partial charge in [-0.15, -0.1) is 0 Å². The van der Waals surface area contributed by atoms with Gasteiger partial charge in [0.2, 0.25) is 0 Å². The van der Waals surface area contributed by atoms with Crippen molar-refractivity contribution in [3.05, 3.63) is 58.6 Å². The van der Waals surface area contributed by atoms with Gasteiger partial charge in [0.05, 0.1) is 11.3 Å². The van der Waals surface area contributed by atoms with Crippen LogP contribution in [0.25, 0.3) is 0 Å². The third-order valence-electron chi connectivity index (χ3n) is 2.99. The van der Waals surface area contributed by atoms with Gasteiger partial charge in [0.15, 0.2) is 0 Å². The summed E-state index contributed by atoms with van der Waals surface area (Å²) >= 11 is 3.12. The predicted octanol–water partition coefficient (Wildman–Crippen LogP) is 3.54. The molecule has 0 saturated heterocycles. The van der Waals surface area contributed by atoms with Gasteiger partial charge in [0.25, 0.3) is 15.9 Å². The van der Waals surface area contributed by atoms with Crippen molar-refractivity contribution in [2.24, 2.45) is 0 Å². The number of rotatable bonds is 5. The summed E-state index contributed by atoms with van der Waals surface area (Å²) in [6.45, 7) is -1.52. The second-order valence-electron chi connectivity index (χ2n) is 4.88. The summed E-state index contributed by atoms with van der Waals surface area (Å²) in [4.78, 5) is 11.9. The van der Waals surface area contributed by atoms with Gasteiger partial charge in [-0.05, 0) is 40.2 Å². The van der Waals surface area contributed by atoms with Gasteiger partial charge in [0.1, 0.15) is 11.4 Å². The lowest BCUT2D eigenvalue weighted by Crippen LogP contribution is -2.34. The van der Waals surface area contributed by atoms with Gasteiger partial charge in [-0.2, -0.15) is 13.2 Å². The average molecular weight is 437 g/mol. The Labute approximate surface area is 150 Å². The normalized spacial score (nSPS) is 11.8. The molecular formula is C15H12BrF3N2O3S. The Hall–Kier alpha value is -2.07. The molecule has 2 aromatic carbocycles. The SMILES string of the molecule is O=C(NCC(F)(F)F)c1ccccc1NS(=O)(=O)c1ccccc1Br. The number of hydrogen-bond acceptors (Lipinski definition) is 3. The molecule has 10 heteroatoms. The molecule has 0 heterocycles. The molecule has 0 fully saturated rings. The standard InChI is InChI=1S/C15H12BrF3N2O3S/c16-11-6-2-4-8-13(11)25(23,24)21-12-7-3-1-5-10(12)14(22)20-9-15(17,18)19/h1-8,21H,9H2,(H,20,22). The molecule has 2 rings (SSSR count). The van der Waals surface area contributed by atoms with Crippen LogP contribution < -0.4 is 10.0 Å². The van der Waals surface area contributed by atoms with E-state index in [9.17, 15) is 26.4 Å². The van der Waals surface area contributed by atoms with Gasteiger partial charge >= 0.3 is 6.18 Å². The lowest BCUT2D eigenvalue weighted by atomic mass is 10.1. The highest BCUT2D eigenvalue weighted by atomic mass is 79.9. The van der Waals surface area contributed by atoms with Gasteiger partial charge in [-0.25, -0.2) is 8.42 Å². The smallest absolute Gasteiger partial charge is 0.343 e. The van der Waals surface area contributed by atoms with Crippen molar-refractivity contribution in [1.29, 1.82) is 0 Å². The van der Waals surface area contributed by atoms with Gasteiger partial charge in [-0.1, -0.05) is 24.3 Å². The first-order valence-electron chi connectivity index (χ1n) is 6.81. The van der Waals surface area contributed by atoms with E-state index in [0.717, 1.165) is 0 Å². The lowest BCUT2D eigenvalue weighted by Gasteiger charge is -2.14. The van der Waals surface area contributed by atoms with Crippen molar-refractivity contribution < 1.29 is 26.4 Å². The van der Waals surface area contributed by atoms with Gasteiger partial charge in [0, 0.05) is 4.47 Å². The van der Waals surface area contributed by atoms with Crippen LogP contribution in [-0.2, 0) is 10.0 Å². The zero-order valence-electron chi connectivity index (χ0n) is 12.5. The number of alkyl halides is 3. The van der Waals surface area contributed by atoms with Crippen LogP contribution in [0.5, 0.6) is 0 Å². The van der Waals surface area contributed by atoms with Crippen molar-refractivity contribution in [3.8, 4) is 0 Å². The van der Waals surface area contributed by atoms with E-state index in [-0.39, 0.29) is 16.1 Å². The summed E-state index contributed by atoms with van der Waals surface area (Å²) in [5, 5.41) is 1.71. The number of para-hydroxylation sites is 1. The Morgan fingerprint density at radius 1 is 1.04 bits per heavy atom. The largest absolute Gasteiger partial charge is 0.405 e. The molecule has 0 bridgehead atoms. The van der Waals surface area contributed by atoms with Crippen LogP contribution in [0.1, 0.15) is 10.4 Å². The summed E-state index contributed by atoms with van der Waals surface area (Å²) in [7, 11) is -4.04. The van der Waals surface area contributed by atoms with E-state index in [1.807, 2.05) is 0 Å². The second-order valence-corrected chi connectivity index (χ2v) is 7.38. The third-order valence-corrected chi connectivity index (χ3v) is 5.37. The summed E-state index contributed by atoms with van der Waals surface area (Å²) < 4.78 is 64.2. The van der Waals surface area contributed by atoms with E-state index in [2.05, 4.69) is 20.7 Å². The molecule has 0 atom stereocenters. The summed E-state index contributed by atoms with van der Waals surface area (Å²) in [5.74, 6) is -1.04. The number of carbonyl (C=O) groups is 1. The van der Waals surface area contributed by atoms with Crippen LogP contribution in [-0.4, -0.2) is 27.0 Å². The number of anilines is 1. The Balaban J connectivity index is 2.29. The number of nitrogens with one attached hydrogen (secondary N) is 2. The minimum atomic E-state index is -4.57. The molecule has 1 amide bonds. The van der Waals surface area contributed by atoms with Crippen LogP contribution in [0.2, 0.25) is 0 Å². The third kappa shape index (κ3) is 5.20. The van der Waals surface area contributed by atoms with Crippen LogP contribution in [0.3, 0.4) is 0 Å². The van der Waals surface area contributed by atoms with E-state index in [4.69, 9.17) is 0 Å². The van der Waals surface area contributed by atoms with Gasteiger partial charge in [-0.3, -0.25) is 9.52 Å². The molecule has 25 heavy (non-hydrogen) atoms. The Morgan fingerprint density at radius 3 is 2.28 bits per heavy atom. The molecule has 5 nitrogen and oxygen atoms in total. The minimum Gasteiger partial charge on any atom is -0.343 e. The summed E-state index contributed by atoms with van der Waals surface area (Å²) in [6, 6.07) is 11.4. The molecular weight excluding hydrogens is 425 g/mol. The van der Waals surface area contributed by atoms with Crippen molar-refractivity contribution in [1.82, 2.24) is 5.32 Å². The highest BCUT2D eigenvalue weighted by Gasteiger charge is 2.28. The fourth-order valence-electron chi connectivity index (χ4n) is 1.91. The fourth-order valence-corrected chi connectivity index (χ4v) is 3.99. The van der Waals surface area contributed by atoms with E-state index in [1.54, 1.807) is 11.4 Å². The number of sulfonamides is 1. The van der Waals surface area contributed by atoms with Crippen molar-refractivity contribution in [3.63, 3.8) is 0 Å². The van der Waals surface area contributed by atoms with E-state index in [0.29, 0.717) is 4.47 Å². The van der Waals surface area contributed by atoms with E-state index >= 15 is 0 Å². The first-order valence-corrected chi connectivity index (χ1v) is 9.09. The maximum atomic E-state index is 12.5. The van der Waals surface area contributed by atoms with E-state index < -0.39 is 28.7 Å². The molecule has 0 aliphatic rings. The molecule has 0 aromatic heterocycles. The molecule has 0 unspecified atom stereocenters. The summed E-state index contributed by atoms with van der Waals surface area (Å²) in [5.41, 5.74) is -0.347. The van der Waals surface area contributed by atoms with Crippen LogP contribution in [0, 0.1) is 0 Å².